The first kappa shape index (κ1) is 32.3. The fraction of sp³-hybridized carbons (Fsp3) is 0.410. The summed E-state index contributed by atoms with van der Waals surface area (Å²) in [6.07, 6.45) is 12.9. The highest BCUT2D eigenvalue weighted by atomic mass is 16.5. The number of carbonyl (C=O) groups excluding carboxylic acids is 1. The van der Waals surface area contributed by atoms with E-state index in [9.17, 15) is 9.90 Å². The van der Waals surface area contributed by atoms with Crippen LogP contribution in [0.25, 0.3) is 11.3 Å². The van der Waals surface area contributed by atoms with Gasteiger partial charge in [0, 0.05) is 66.1 Å². The summed E-state index contributed by atoms with van der Waals surface area (Å²) in [4.78, 5) is 33.8. The quantitative estimate of drug-likeness (QED) is 0.180. The molecule has 1 saturated heterocycles. The molecule has 1 amide bonds. The van der Waals surface area contributed by atoms with Crippen molar-refractivity contribution in [3.05, 3.63) is 89.5 Å². The molecule has 4 aromatic rings. The molecule has 4 aliphatic rings. The number of aliphatic hydroxyl groups excluding tert-OH is 1. The van der Waals surface area contributed by atoms with E-state index >= 15 is 0 Å². The van der Waals surface area contributed by atoms with Gasteiger partial charge in [-0.1, -0.05) is 12.0 Å². The highest BCUT2D eigenvalue weighted by Gasteiger charge is 2.49. The molecular formula is C39H42N8O3. The number of pyridine rings is 2. The van der Waals surface area contributed by atoms with Crippen molar-refractivity contribution in [2.75, 3.05) is 36.9 Å². The summed E-state index contributed by atoms with van der Waals surface area (Å²) in [5, 5.41) is 20.1. The molecule has 256 valence electrons. The minimum Gasteiger partial charge on any atom is -0.393 e. The average Bonchev–Trinajstić information content (AvgIpc) is 4.10. The van der Waals surface area contributed by atoms with Gasteiger partial charge >= 0.3 is 0 Å². The molecule has 3 aromatic heterocycles. The lowest BCUT2D eigenvalue weighted by Crippen LogP contribution is -2.43. The molecule has 0 unspecified atom stereocenters. The lowest BCUT2D eigenvalue weighted by atomic mass is 9.93. The fourth-order valence-corrected chi connectivity index (χ4v) is 6.92. The van der Waals surface area contributed by atoms with Crippen molar-refractivity contribution in [3.8, 4) is 23.1 Å². The summed E-state index contributed by atoms with van der Waals surface area (Å²) in [5.41, 5.74) is 5.77. The highest BCUT2D eigenvalue weighted by molar-refractivity contribution is 5.94. The summed E-state index contributed by atoms with van der Waals surface area (Å²) in [5.74, 6) is 7.33. The second-order valence-electron chi connectivity index (χ2n) is 13.8. The molecule has 0 atom stereocenters. The number of anilines is 3. The molecule has 0 bridgehead atoms. The van der Waals surface area contributed by atoms with Gasteiger partial charge in [-0.25, -0.2) is 9.97 Å². The fourth-order valence-electron chi connectivity index (χ4n) is 6.92. The van der Waals surface area contributed by atoms with Gasteiger partial charge < -0.3 is 25.8 Å². The van der Waals surface area contributed by atoms with Crippen LogP contribution in [0.1, 0.15) is 78.5 Å². The van der Waals surface area contributed by atoms with E-state index in [1.165, 1.54) is 5.56 Å². The Bertz CT molecular complexity index is 1880. The molecular weight excluding hydrogens is 628 g/mol. The van der Waals surface area contributed by atoms with Crippen LogP contribution < -0.4 is 16.0 Å². The maximum atomic E-state index is 12.4. The summed E-state index contributed by atoms with van der Waals surface area (Å²) >= 11 is 0. The molecule has 4 fully saturated rings. The van der Waals surface area contributed by atoms with E-state index in [4.69, 9.17) is 14.7 Å². The van der Waals surface area contributed by atoms with Crippen LogP contribution in [0.3, 0.4) is 0 Å². The van der Waals surface area contributed by atoms with Crippen LogP contribution in [0.2, 0.25) is 0 Å². The molecule has 3 saturated carbocycles. The van der Waals surface area contributed by atoms with Crippen molar-refractivity contribution in [2.45, 2.75) is 75.1 Å². The Kier molecular flexibility index (Phi) is 9.15. The van der Waals surface area contributed by atoms with E-state index in [1.54, 1.807) is 18.3 Å². The van der Waals surface area contributed by atoms with Gasteiger partial charge in [0.25, 0.3) is 5.91 Å². The summed E-state index contributed by atoms with van der Waals surface area (Å²) in [6, 6.07) is 16.0. The molecule has 11 heteroatoms. The molecule has 8 rings (SSSR count). The largest absolute Gasteiger partial charge is 0.393 e. The molecule has 4 N–H and O–H groups in total. The smallest absolute Gasteiger partial charge is 0.251 e. The third-order valence-electron chi connectivity index (χ3n) is 10.2. The van der Waals surface area contributed by atoms with Crippen LogP contribution in [0.15, 0.2) is 67.1 Å². The Morgan fingerprint density at radius 3 is 2.38 bits per heavy atom. The zero-order chi connectivity index (χ0) is 33.9. The number of hydrogen-bond donors (Lipinski definition) is 4. The second kappa shape index (κ2) is 14.2. The third-order valence-corrected chi connectivity index (χ3v) is 10.2. The number of carbonyl (C=O) groups is 1. The Morgan fingerprint density at radius 1 is 0.880 bits per heavy atom. The monoisotopic (exact) mass is 670 g/mol. The van der Waals surface area contributed by atoms with E-state index in [2.05, 4.69) is 54.8 Å². The van der Waals surface area contributed by atoms with Crippen molar-refractivity contribution in [1.82, 2.24) is 30.2 Å². The number of aromatic nitrogens is 4. The van der Waals surface area contributed by atoms with E-state index in [0.29, 0.717) is 23.2 Å². The molecule has 0 radical (unpaired) electrons. The molecule has 3 aliphatic carbocycles. The normalized spacial score (nSPS) is 21.4. The molecule has 11 nitrogen and oxygen atoms in total. The van der Waals surface area contributed by atoms with Gasteiger partial charge in [-0.2, -0.15) is 4.98 Å². The number of hydrogen-bond acceptors (Lipinski definition) is 10. The Labute approximate surface area is 292 Å². The predicted octanol–water partition coefficient (Wildman–Crippen LogP) is 5.01. The Hall–Kier alpha value is -4.89. The molecule has 1 aliphatic heterocycles. The minimum atomic E-state index is -0.238. The Balaban J connectivity index is 0.980. The zero-order valence-electron chi connectivity index (χ0n) is 28.1. The predicted molar refractivity (Wildman–Crippen MR) is 191 cm³/mol. The first-order valence-corrected chi connectivity index (χ1v) is 17.8. The summed E-state index contributed by atoms with van der Waals surface area (Å²) < 4.78 is 5.60. The first-order valence-electron chi connectivity index (χ1n) is 17.8. The van der Waals surface area contributed by atoms with Gasteiger partial charge in [-0.05, 0) is 105 Å². The third kappa shape index (κ3) is 7.48. The van der Waals surface area contributed by atoms with Gasteiger partial charge in [0.1, 0.15) is 11.5 Å². The van der Waals surface area contributed by atoms with Gasteiger partial charge in [-0.15, -0.1) is 0 Å². The number of morpholine rings is 1. The van der Waals surface area contributed by atoms with Crippen LogP contribution >= 0.6 is 0 Å². The topological polar surface area (TPSA) is 137 Å². The van der Waals surface area contributed by atoms with E-state index in [-0.39, 0.29) is 23.6 Å². The van der Waals surface area contributed by atoms with Crippen LogP contribution in [0.4, 0.5) is 17.5 Å². The number of rotatable bonds is 9. The van der Waals surface area contributed by atoms with Crippen LogP contribution in [0, 0.1) is 11.8 Å². The molecule has 4 heterocycles. The van der Waals surface area contributed by atoms with Crippen LogP contribution in [0.5, 0.6) is 0 Å². The highest BCUT2D eigenvalue weighted by Crippen LogP contribution is 2.51. The number of nitrogens with one attached hydrogen (secondary N) is 3. The van der Waals surface area contributed by atoms with Crippen molar-refractivity contribution in [1.29, 1.82) is 0 Å². The number of benzene rings is 1. The lowest BCUT2D eigenvalue weighted by Gasteiger charge is -2.35. The van der Waals surface area contributed by atoms with Gasteiger partial charge in [0.15, 0.2) is 0 Å². The molecule has 50 heavy (non-hydrogen) atoms. The standard InChI is InChI=1S/C39H42N8O3/c48-33-12-10-29(11-13-33)43-36-34(35-14-4-28(24-41-35)39(16-17-39)47-19-21-50-22-20-47)25-42-38(46-36)45-31-5-1-26(2-6-31)3-7-32-23-27(15-18-40-32)37(49)44-30-8-9-30/h1-2,4-6,14-15,18,23-25,29-30,33,48H,8-13,16-17,19-22H2,(H,44,49)(H2,42,43,45,46). The number of nitrogens with zero attached hydrogens (tertiary/aromatic N) is 5. The minimum absolute atomic E-state index is 0.0833. The van der Waals surface area contributed by atoms with Crippen molar-refractivity contribution in [3.63, 3.8) is 0 Å². The molecule has 0 spiro atoms. The molecule has 1 aromatic carbocycles. The number of aliphatic hydroxyl groups is 1. The summed E-state index contributed by atoms with van der Waals surface area (Å²) in [6.45, 7) is 3.48. The van der Waals surface area contributed by atoms with E-state index < -0.39 is 0 Å². The van der Waals surface area contributed by atoms with Crippen molar-refractivity contribution >= 4 is 23.4 Å². The SMILES string of the molecule is O=C(NC1CC1)c1ccnc(C#Cc2ccc(Nc3ncc(-c4ccc(C5(N6CCOCC6)CC5)cn4)c(NC4CCC(O)CC4)n3)cc2)c1. The Morgan fingerprint density at radius 2 is 1.66 bits per heavy atom. The summed E-state index contributed by atoms with van der Waals surface area (Å²) in [7, 11) is 0. The zero-order valence-corrected chi connectivity index (χ0v) is 28.1. The van der Waals surface area contributed by atoms with Gasteiger partial charge in [0.05, 0.1) is 30.6 Å². The van der Waals surface area contributed by atoms with Gasteiger partial charge in [-0.3, -0.25) is 14.7 Å². The van der Waals surface area contributed by atoms with Crippen LogP contribution in [-0.4, -0.2) is 80.3 Å². The number of amides is 1. The van der Waals surface area contributed by atoms with Gasteiger partial charge in [0.2, 0.25) is 5.95 Å². The number of ether oxygens (including phenoxy) is 1. The second-order valence-corrected chi connectivity index (χ2v) is 13.8. The lowest BCUT2D eigenvalue weighted by molar-refractivity contribution is 0.00828. The van der Waals surface area contributed by atoms with Crippen molar-refractivity contribution in [2.24, 2.45) is 0 Å². The maximum Gasteiger partial charge on any atom is 0.251 e. The van der Waals surface area contributed by atoms with Crippen molar-refractivity contribution < 1.29 is 14.6 Å². The van der Waals surface area contributed by atoms with Crippen LogP contribution in [-0.2, 0) is 10.3 Å². The maximum absolute atomic E-state index is 12.4. The first-order chi connectivity index (χ1) is 24.5. The average molecular weight is 671 g/mol. The van der Waals surface area contributed by atoms with E-state index in [0.717, 1.165) is 106 Å². The van der Waals surface area contributed by atoms with E-state index in [1.807, 2.05) is 36.7 Å².